The van der Waals surface area contributed by atoms with Crippen molar-refractivity contribution < 1.29 is 18.7 Å². The molecule has 0 unspecified atom stereocenters. The van der Waals surface area contributed by atoms with Crippen molar-refractivity contribution in [3.8, 4) is 5.75 Å². The highest BCUT2D eigenvalue weighted by atomic mass is 35.5. The number of hydrogen-bond acceptors (Lipinski definition) is 3. The van der Waals surface area contributed by atoms with E-state index in [1.54, 1.807) is 48.5 Å². The fraction of sp³-hybridized carbons (Fsp3) is 0.161. The molecule has 0 saturated heterocycles. The molecule has 5 nitrogen and oxygen atoms in total. The molecule has 4 aromatic carbocycles. The van der Waals surface area contributed by atoms with Crippen molar-refractivity contribution in [3.05, 3.63) is 137 Å². The number of carbonyl (C=O) groups is 2. The van der Waals surface area contributed by atoms with Crippen LogP contribution in [-0.4, -0.2) is 29.9 Å². The van der Waals surface area contributed by atoms with Gasteiger partial charge in [-0.1, -0.05) is 96.5 Å². The Hall–Kier alpha value is -4.16. The Morgan fingerprint density at radius 2 is 1.45 bits per heavy atom. The smallest absolute Gasteiger partial charge is 0.261 e. The van der Waals surface area contributed by atoms with E-state index in [-0.39, 0.29) is 24.9 Å². The van der Waals surface area contributed by atoms with Gasteiger partial charge in [0.05, 0.1) is 5.02 Å². The molecule has 1 N–H and O–H groups in total. The SMILES string of the molecule is O=C(NCCc1ccccc1)[C@@H](c1ccccc1)N(Cc1ccc(F)cc1)C(=O)COc1ccccc1Cl. The minimum Gasteiger partial charge on any atom is -0.482 e. The largest absolute Gasteiger partial charge is 0.482 e. The van der Waals surface area contributed by atoms with Crippen LogP contribution in [0.25, 0.3) is 0 Å². The number of rotatable bonds is 11. The van der Waals surface area contributed by atoms with E-state index in [0.29, 0.717) is 34.9 Å². The summed E-state index contributed by atoms with van der Waals surface area (Å²) in [6.07, 6.45) is 0.648. The molecule has 0 aliphatic carbocycles. The lowest BCUT2D eigenvalue weighted by Crippen LogP contribution is -2.45. The predicted octanol–water partition coefficient (Wildman–Crippen LogP) is 5.99. The first-order valence-electron chi connectivity index (χ1n) is 12.3. The number of amides is 2. The molecule has 2 amide bonds. The monoisotopic (exact) mass is 530 g/mol. The first-order valence-corrected chi connectivity index (χ1v) is 12.7. The molecule has 0 aliphatic heterocycles. The molecule has 0 saturated carbocycles. The normalized spacial score (nSPS) is 11.4. The van der Waals surface area contributed by atoms with Gasteiger partial charge in [-0.15, -0.1) is 0 Å². The Morgan fingerprint density at radius 3 is 2.13 bits per heavy atom. The summed E-state index contributed by atoms with van der Waals surface area (Å²) in [6.45, 7) is 0.156. The van der Waals surface area contributed by atoms with E-state index >= 15 is 0 Å². The molecule has 1 atom stereocenters. The van der Waals surface area contributed by atoms with E-state index < -0.39 is 11.9 Å². The summed E-state index contributed by atoms with van der Waals surface area (Å²) in [7, 11) is 0. The molecule has 38 heavy (non-hydrogen) atoms. The molecule has 0 aromatic heterocycles. The maximum atomic E-state index is 13.6. The Morgan fingerprint density at radius 1 is 0.816 bits per heavy atom. The highest BCUT2D eigenvalue weighted by molar-refractivity contribution is 6.32. The molecule has 4 rings (SSSR count). The third kappa shape index (κ3) is 7.43. The molecule has 4 aromatic rings. The lowest BCUT2D eigenvalue weighted by Gasteiger charge is -2.31. The quantitative estimate of drug-likeness (QED) is 0.259. The molecular weight excluding hydrogens is 503 g/mol. The summed E-state index contributed by atoms with van der Waals surface area (Å²) >= 11 is 6.20. The van der Waals surface area contributed by atoms with Crippen LogP contribution in [0.3, 0.4) is 0 Å². The fourth-order valence-electron chi connectivity index (χ4n) is 4.07. The summed E-state index contributed by atoms with van der Waals surface area (Å²) in [5.41, 5.74) is 2.42. The van der Waals surface area contributed by atoms with Crippen molar-refractivity contribution >= 4 is 23.4 Å². The average Bonchev–Trinajstić information content (AvgIpc) is 2.94. The van der Waals surface area contributed by atoms with Crippen LogP contribution in [-0.2, 0) is 22.6 Å². The van der Waals surface area contributed by atoms with Crippen molar-refractivity contribution in [2.24, 2.45) is 0 Å². The summed E-state index contributed by atoms with van der Waals surface area (Å²) in [5, 5.41) is 3.37. The Labute approximate surface area is 226 Å². The molecule has 0 aliphatic rings. The van der Waals surface area contributed by atoms with Gasteiger partial charge >= 0.3 is 0 Å². The Balaban J connectivity index is 1.59. The number of nitrogens with zero attached hydrogens (tertiary/aromatic N) is 1. The van der Waals surface area contributed by atoms with Gasteiger partial charge in [0.2, 0.25) is 5.91 Å². The lowest BCUT2D eigenvalue weighted by atomic mass is 10.0. The van der Waals surface area contributed by atoms with E-state index in [2.05, 4.69) is 5.32 Å². The van der Waals surface area contributed by atoms with Crippen LogP contribution in [0, 0.1) is 5.82 Å². The Kier molecular flexibility index (Phi) is 9.48. The van der Waals surface area contributed by atoms with E-state index in [0.717, 1.165) is 5.56 Å². The third-order valence-electron chi connectivity index (χ3n) is 6.01. The predicted molar refractivity (Wildman–Crippen MR) is 146 cm³/mol. The topological polar surface area (TPSA) is 58.6 Å². The van der Waals surface area contributed by atoms with Crippen LogP contribution in [0.2, 0.25) is 5.02 Å². The number of benzene rings is 4. The van der Waals surface area contributed by atoms with Crippen LogP contribution >= 0.6 is 11.6 Å². The van der Waals surface area contributed by atoms with Crippen LogP contribution in [0.4, 0.5) is 4.39 Å². The zero-order chi connectivity index (χ0) is 26.7. The third-order valence-corrected chi connectivity index (χ3v) is 6.32. The van der Waals surface area contributed by atoms with Crippen LogP contribution in [0.15, 0.2) is 109 Å². The zero-order valence-corrected chi connectivity index (χ0v) is 21.5. The van der Waals surface area contributed by atoms with Gasteiger partial charge in [0.25, 0.3) is 5.91 Å². The average molecular weight is 531 g/mol. The minimum atomic E-state index is -0.931. The summed E-state index contributed by atoms with van der Waals surface area (Å²) in [6, 6.07) is 30.7. The first-order chi connectivity index (χ1) is 18.5. The second kappa shape index (κ2) is 13.4. The van der Waals surface area contributed by atoms with E-state index in [9.17, 15) is 14.0 Å². The van der Waals surface area contributed by atoms with Crippen LogP contribution < -0.4 is 10.1 Å². The van der Waals surface area contributed by atoms with Gasteiger partial charge in [0, 0.05) is 13.1 Å². The number of carbonyl (C=O) groups excluding carboxylic acids is 2. The molecule has 0 radical (unpaired) electrons. The van der Waals surface area contributed by atoms with Crippen molar-refractivity contribution in [2.75, 3.05) is 13.2 Å². The van der Waals surface area contributed by atoms with Crippen LogP contribution in [0.5, 0.6) is 5.75 Å². The molecule has 0 fully saturated rings. The second-order valence-electron chi connectivity index (χ2n) is 8.71. The minimum absolute atomic E-state index is 0.0800. The van der Waals surface area contributed by atoms with Gasteiger partial charge in [-0.2, -0.15) is 0 Å². The fourth-order valence-corrected chi connectivity index (χ4v) is 4.26. The molecular formula is C31H28ClFN2O3. The molecule has 0 spiro atoms. The number of para-hydroxylation sites is 1. The molecule has 7 heteroatoms. The highest BCUT2D eigenvalue weighted by Crippen LogP contribution is 2.26. The van der Waals surface area contributed by atoms with Gasteiger partial charge in [0.1, 0.15) is 17.6 Å². The molecule has 0 bridgehead atoms. The summed E-state index contributed by atoms with van der Waals surface area (Å²) in [4.78, 5) is 28.7. The maximum absolute atomic E-state index is 13.6. The second-order valence-corrected chi connectivity index (χ2v) is 9.11. The van der Waals surface area contributed by atoms with E-state index in [4.69, 9.17) is 16.3 Å². The highest BCUT2D eigenvalue weighted by Gasteiger charge is 2.31. The van der Waals surface area contributed by atoms with Gasteiger partial charge in [-0.05, 0) is 47.4 Å². The first kappa shape index (κ1) is 26.9. The maximum Gasteiger partial charge on any atom is 0.261 e. The number of ether oxygens (including phenoxy) is 1. The Bertz CT molecular complexity index is 1330. The van der Waals surface area contributed by atoms with Gasteiger partial charge in [-0.25, -0.2) is 4.39 Å². The standard InChI is InChI=1S/C31H28ClFN2O3/c32-27-13-7-8-14-28(27)38-22-29(36)35(21-24-15-17-26(33)18-16-24)30(25-11-5-2-6-12-25)31(37)34-20-19-23-9-3-1-4-10-23/h1-18,30H,19-22H2,(H,34,37)/t30-/m1/s1. The van der Waals surface area contributed by atoms with Gasteiger partial charge in [0.15, 0.2) is 6.61 Å². The lowest BCUT2D eigenvalue weighted by molar-refractivity contribution is -0.143. The summed E-state index contributed by atoms with van der Waals surface area (Å²) in [5.74, 6) is -0.749. The molecule has 194 valence electrons. The number of hydrogen-bond donors (Lipinski definition) is 1. The summed E-state index contributed by atoms with van der Waals surface area (Å²) < 4.78 is 19.3. The number of nitrogens with one attached hydrogen (secondary N) is 1. The zero-order valence-electron chi connectivity index (χ0n) is 20.7. The van der Waals surface area contributed by atoms with Crippen molar-refractivity contribution in [3.63, 3.8) is 0 Å². The van der Waals surface area contributed by atoms with Crippen LogP contribution in [0.1, 0.15) is 22.7 Å². The van der Waals surface area contributed by atoms with Crippen molar-refractivity contribution in [1.29, 1.82) is 0 Å². The molecule has 0 heterocycles. The van der Waals surface area contributed by atoms with E-state index in [1.165, 1.54) is 17.0 Å². The van der Waals surface area contributed by atoms with Gasteiger partial charge < -0.3 is 15.0 Å². The van der Waals surface area contributed by atoms with Crippen molar-refractivity contribution in [1.82, 2.24) is 10.2 Å². The number of halogens is 2. The van der Waals surface area contributed by atoms with E-state index in [1.807, 2.05) is 48.5 Å². The van der Waals surface area contributed by atoms with Crippen molar-refractivity contribution in [2.45, 2.75) is 19.0 Å². The van der Waals surface area contributed by atoms with Gasteiger partial charge in [-0.3, -0.25) is 9.59 Å².